The highest BCUT2D eigenvalue weighted by molar-refractivity contribution is 5.74. The van der Waals surface area contributed by atoms with Crippen molar-refractivity contribution in [1.29, 1.82) is 0 Å². The molecule has 128 valence electrons. The van der Waals surface area contributed by atoms with Gasteiger partial charge in [-0.2, -0.15) is 9.78 Å². The monoisotopic (exact) mass is 328 g/mol. The lowest BCUT2D eigenvalue weighted by Gasteiger charge is -2.12. The van der Waals surface area contributed by atoms with E-state index >= 15 is 0 Å². The summed E-state index contributed by atoms with van der Waals surface area (Å²) in [5, 5.41) is 10.4. The van der Waals surface area contributed by atoms with E-state index in [4.69, 9.17) is 9.94 Å². The van der Waals surface area contributed by atoms with Crippen molar-refractivity contribution in [2.24, 2.45) is 7.05 Å². The maximum atomic E-state index is 5.65. The van der Waals surface area contributed by atoms with Gasteiger partial charge in [0.05, 0.1) is 29.4 Å². The highest BCUT2D eigenvalue weighted by atomic mass is 16.6. The van der Waals surface area contributed by atoms with E-state index in [0.29, 0.717) is 5.92 Å². The molecule has 3 rings (SSSR count). The summed E-state index contributed by atoms with van der Waals surface area (Å²) < 4.78 is 5.67. The fraction of sp³-hybridized carbons (Fsp3) is 0.500. The number of pyridine rings is 1. The predicted octanol–water partition coefficient (Wildman–Crippen LogP) is 2.41. The molecule has 0 atom stereocenters. The molecule has 3 aromatic rings. The first-order valence-electron chi connectivity index (χ1n) is 8.41. The lowest BCUT2D eigenvalue weighted by Crippen LogP contribution is -2.46. The zero-order valence-corrected chi connectivity index (χ0v) is 15.6. The molecule has 0 saturated carbocycles. The van der Waals surface area contributed by atoms with Crippen molar-refractivity contribution in [3.8, 4) is 5.69 Å². The first-order chi connectivity index (χ1) is 11.4. The lowest BCUT2D eigenvalue weighted by molar-refractivity contribution is -0.871. The summed E-state index contributed by atoms with van der Waals surface area (Å²) >= 11 is 0. The molecule has 0 N–H and O–H groups in total. The summed E-state index contributed by atoms with van der Waals surface area (Å²) in [6.07, 6.45) is 2.83. The predicted molar refractivity (Wildman–Crippen MR) is 93.5 cm³/mol. The van der Waals surface area contributed by atoms with E-state index in [1.165, 1.54) is 11.3 Å². The maximum Gasteiger partial charge on any atom is 0.395 e. The van der Waals surface area contributed by atoms with Gasteiger partial charge in [-0.25, -0.2) is 4.68 Å². The lowest BCUT2D eigenvalue weighted by atomic mass is 10.0. The SMILES string of the molecule is CCc1c(-n2nc(C)c(C(C)C)c2C)cc2cn(C)nc2[n+]1OC. The Morgan fingerprint density at radius 3 is 2.50 bits per heavy atom. The molecule has 6 heteroatoms. The quantitative estimate of drug-likeness (QED) is 0.691. The van der Waals surface area contributed by atoms with E-state index in [-0.39, 0.29) is 0 Å². The van der Waals surface area contributed by atoms with E-state index in [9.17, 15) is 0 Å². The third-order valence-corrected chi connectivity index (χ3v) is 4.53. The molecule has 0 aliphatic heterocycles. The Labute approximate surface area is 142 Å². The molecular weight excluding hydrogens is 302 g/mol. The number of aromatic nitrogens is 5. The number of rotatable bonds is 4. The van der Waals surface area contributed by atoms with Gasteiger partial charge in [0, 0.05) is 12.1 Å². The summed E-state index contributed by atoms with van der Waals surface area (Å²) in [5.74, 6) is 0.445. The molecule has 0 bridgehead atoms. The Kier molecular flexibility index (Phi) is 4.07. The molecule has 0 unspecified atom stereocenters. The average Bonchev–Trinajstić information content (AvgIpc) is 3.03. The molecule has 3 aromatic heterocycles. The van der Waals surface area contributed by atoms with Crippen LogP contribution in [0, 0.1) is 13.8 Å². The molecular formula is C18H26N5O+. The van der Waals surface area contributed by atoms with E-state index < -0.39 is 0 Å². The van der Waals surface area contributed by atoms with Crippen LogP contribution >= 0.6 is 0 Å². The first-order valence-corrected chi connectivity index (χ1v) is 8.41. The highest BCUT2D eigenvalue weighted by Crippen LogP contribution is 2.27. The fourth-order valence-corrected chi connectivity index (χ4v) is 3.65. The Morgan fingerprint density at radius 2 is 1.96 bits per heavy atom. The second-order valence-corrected chi connectivity index (χ2v) is 6.54. The second kappa shape index (κ2) is 5.92. The molecule has 0 aliphatic rings. The number of hydrogen-bond donors (Lipinski definition) is 0. The molecule has 24 heavy (non-hydrogen) atoms. The van der Waals surface area contributed by atoms with Gasteiger partial charge in [-0.1, -0.05) is 20.8 Å². The van der Waals surface area contributed by atoms with Crippen molar-refractivity contribution in [1.82, 2.24) is 19.6 Å². The summed E-state index contributed by atoms with van der Waals surface area (Å²) in [7, 11) is 3.60. The molecule has 0 fully saturated rings. The molecule has 3 heterocycles. The molecule has 0 radical (unpaired) electrons. The molecule has 0 saturated heterocycles. The van der Waals surface area contributed by atoms with E-state index in [1.54, 1.807) is 7.11 Å². The zero-order valence-electron chi connectivity index (χ0n) is 15.6. The second-order valence-electron chi connectivity index (χ2n) is 6.54. The van der Waals surface area contributed by atoms with Gasteiger partial charge in [-0.15, -0.1) is 0 Å². The molecule has 6 nitrogen and oxygen atoms in total. The van der Waals surface area contributed by atoms with Crippen LogP contribution in [0.1, 0.15) is 49.3 Å². The van der Waals surface area contributed by atoms with Gasteiger partial charge < -0.3 is 4.84 Å². The molecule has 0 aliphatic carbocycles. The normalized spacial score (nSPS) is 11.7. The van der Waals surface area contributed by atoms with Crippen molar-refractivity contribution in [3.63, 3.8) is 0 Å². The van der Waals surface area contributed by atoms with Gasteiger partial charge in [-0.05, 0) is 36.1 Å². The zero-order chi connectivity index (χ0) is 17.6. The summed E-state index contributed by atoms with van der Waals surface area (Å²) in [5.41, 5.74) is 6.51. The Morgan fingerprint density at radius 1 is 1.25 bits per heavy atom. The van der Waals surface area contributed by atoms with Crippen molar-refractivity contribution in [3.05, 3.63) is 34.9 Å². The Bertz CT molecular complexity index is 904. The van der Waals surface area contributed by atoms with Gasteiger partial charge >= 0.3 is 5.65 Å². The van der Waals surface area contributed by atoms with E-state index in [2.05, 4.69) is 45.8 Å². The standard InChI is InChI=1S/C18H26N5O/c1-8-15-16(22-13(5)17(11(2)3)12(4)19-22)9-14-10-21(6)20-18(14)23(15)24-7/h9-11H,8H2,1-7H3/q+1. The van der Waals surface area contributed by atoms with Crippen LogP contribution < -0.4 is 9.57 Å². The third-order valence-electron chi connectivity index (χ3n) is 4.53. The third kappa shape index (κ3) is 2.37. The van der Waals surface area contributed by atoms with Gasteiger partial charge in [-0.3, -0.25) is 0 Å². The van der Waals surface area contributed by atoms with E-state index in [0.717, 1.165) is 34.5 Å². The highest BCUT2D eigenvalue weighted by Gasteiger charge is 2.26. The number of hydrogen-bond acceptors (Lipinski definition) is 3. The average molecular weight is 328 g/mol. The van der Waals surface area contributed by atoms with Crippen LogP contribution in [0.2, 0.25) is 0 Å². The maximum absolute atomic E-state index is 5.65. The Balaban J connectivity index is 2.36. The first kappa shape index (κ1) is 16.5. The largest absolute Gasteiger partial charge is 0.395 e. The fourth-order valence-electron chi connectivity index (χ4n) is 3.65. The summed E-state index contributed by atoms with van der Waals surface area (Å²) in [4.78, 5) is 5.65. The Hall–Kier alpha value is -2.37. The van der Waals surface area contributed by atoms with Crippen LogP contribution in [0.25, 0.3) is 16.7 Å². The van der Waals surface area contributed by atoms with Crippen LogP contribution in [0.5, 0.6) is 0 Å². The van der Waals surface area contributed by atoms with Gasteiger partial charge in [0.2, 0.25) is 0 Å². The van der Waals surface area contributed by atoms with Crippen LogP contribution in [-0.4, -0.2) is 26.7 Å². The number of aryl methyl sites for hydroxylation is 2. The van der Waals surface area contributed by atoms with E-state index in [1.807, 2.05) is 27.3 Å². The molecule has 0 amide bonds. The summed E-state index contributed by atoms with van der Waals surface area (Å²) in [6.45, 7) is 10.8. The van der Waals surface area contributed by atoms with Crippen molar-refractivity contribution in [2.75, 3.05) is 7.11 Å². The van der Waals surface area contributed by atoms with Crippen molar-refractivity contribution < 1.29 is 9.57 Å². The molecule has 0 aromatic carbocycles. The molecule has 0 spiro atoms. The van der Waals surface area contributed by atoms with Gasteiger partial charge in [0.1, 0.15) is 12.8 Å². The summed E-state index contributed by atoms with van der Waals surface area (Å²) in [6, 6.07) is 2.15. The minimum atomic E-state index is 0.445. The van der Waals surface area contributed by atoms with Crippen LogP contribution in [0.4, 0.5) is 0 Å². The van der Waals surface area contributed by atoms with Crippen LogP contribution in [-0.2, 0) is 13.5 Å². The minimum Gasteiger partial charge on any atom is -0.338 e. The minimum absolute atomic E-state index is 0.445. The van der Waals surface area contributed by atoms with Crippen molar-refractivity contribution in [2.45, 2.75) is 47.0 Å². The van der Waals surface area contributed by atoms with Crippen LogP contribution in [0.15, 0.2) is 12.3 Å². The van der Waals surface area contributed by atoms with Gasteiger partial charge in [0.25, 0.3) is 0 Å². The van der Waals surface area contributed by atoms with Gasteiger partial charge in [0.15, 0.2) is 5.69 Å². The number of fused-ring (bicyclic) bond motifs is 1. The van der Waals surface area contributed by atoms with Crippen molar-refractivity contribution >= 4 is 11.0 Å². The van der Waals surface area contributed by atoms with Crippen LogP contribution in [0.3, 0.4) is 0 Å². The number of nitrogens with zero attached hydrogens (tertiary/aromatic N) is 5. The topological polar surface area (TPSA) is 48.8 Å². The smallest absolute Gasteiger partial charge is 0.338 e.